The topological polar surface area (TPSA) is 0 Å². The normalized spacial score (nSPS) is 38.4. The van der Waals surface area contributed by atoms with E-state index in [2.05, 4.69) is 65.8 Å². The van der Waals surface area contributed by atoms with Crippen LogP contribution in [0.2, 0.25) is 3.63 Å². The molecule has 0 aliphatic heterocycles. The number of rotatable bonds is 2. The molecule has 0 spiro atoms. The molecule has 4 aliphatic rings. The first-order valence-electron chi connectivity index (χ1n) is 10.7. The van der Waals surface area contributed by atoms with Crippen LogP contribution in [0.4, 0.5) is 0 Å². The molecule has 0 saturated heterocycles. The minimum Gasteiger partial charge on any atom is -1.00 e. The Kier molecular flexibility index (Phi) is 8.44. The van der Waals surface area contributed by atoms with Crippen LogP contribution in [0.1, 0.15) is 60.8 Å². The quantitative estimate of drug-likeness (QED) is 0.529. The summed E-state index contributed by atoms with van der Waals surface area (Å²) >= 11 is -0.458. The molecule has 3 heteroatoms. The van der Waals surface area contributed by atoms with Gasteiger partial charge in [-0.1, -0.05) is 0 Å². The molecule has 0 nitrogen and oxygen atoms in total. The number of hydrogen-bond acceptors (Lipinski definition) is 0. The number of halogens is 2. The summed E-state index contributed by atoms with van der Waals surface area (Å²) in [6.07, 6.45) is 14.3. The SMILES string of the molecule is C[C](C)=[Zr+2][CH]1C2C=CC=CC2C2CCCC(C3=C(C)C(C)=C(C)C3C)C21.[Cl-].[Cl-]. The third-order valence-corrected chi connectivity index (χ3v) is 12.2. The Morgan fingerprint density at radius 2 is 1.57 bits per heavy atom. The molecular formula is C25H35Cl2Zr. The zero-order valence-corrected chi connectivity index (χ0v) is 22.2. The predicted octanol–water partition coefficient (Wildman–Crippen LogP) is 0.785. The van der Waals surface area contributed by atoms with Crippen molar-refractivity contribution in [1.82, 2.24) is 0 Å². The van der Waals surface area contributed by atoms with E-state index in [1.165, 1.54) is 19.3 Å². The van der Waals surface area contributed by atoms with Crippen LogP contribution < -0.4 is 24.8 Å². The van der Waals surface area contributed by atoms with E-state index in [1.807, 2.05) is 5.57 Å². The predicted molar refractivity (Wildman–Crippen MR) is 110 cm³/mol. The molecule has 153 valence electrons. The largest absolute Gasteiger partial charge is 1.00 e. The van der Waals surface area contributed by atoms with Crippen molar-refractivity contribution in [3.05, 3.63) is 46.6 Å². The molecule has 0 radical (unpaired) electrons. The van der Waals surface area contributed by atoms with Crippen LogP contribution in [-0.4, -0.2) is 3.21 Å². The molecular weight excluding hydrogens is 462 g/mol. The molecule has 0 N–H and O–H groups in total. The standard InChI is InChI=1S/C22H29.C3H6.2ClH.Zr/c1-13-14(2)16(4)22(15(13)3)20-11-7-10-19-18-9-6-5-8-17(18)12-21(19)20;1-3-2;;;/h5-6,8-9,12,15,17-21H,7,10-11H2,1-4H3;1-2H3;2*1H;/q;;;;+2/p-2. The van der Waals surface area contributed by atoms with Crippen LogP contribution in [0.3, 0.4) is 0 Å². The second-order valence-corrected chi connectivity index (χ2v) is 14.3. The van der Waals surface area contributed by atoms with Crippen molar-refractivity contribution in [1.29, 1.82) is 0 Å². The zero-order valence-electron chi connectivity index (χ0n) is 18.2. The van der Waals surface area contributed by atoms with E-state index < -0.39 is 22.8 Å². The molecule has 28 heavy (non-hydrogen) atoms. The Balaban J connectivity index is 0.00000140. The van der Waals surface area contributed by atoms with E-state index in [0.717, 1.165) is 33.2 Å². The third kappa shape index (κ3) is 3.95. The van der Waals surface area contributed by atoms with Crippen LogP contribution in [0.5, 0.6) is 0 Å². The summed E-state index contributed by atoms with van der Waals surface area (Å²) in [5, 5.41) is 0. The summed E-state index contributed by atoms with van der Waals surface area (Å²) in [6, 6.07) is 0. The fourth-order valence-electron chi connectivity index (χ4n) is 6.79. The first-order chi connectivity index (χ1) is 12.4. The van der Waals surface area contributed by atoms with Gasteiger partial charge in [0.2, 0.25) is 0 Å². The van der Waals surface area contributed by atoms with Crippen LogP contribution in [-0.2, 0) is 22.8 Å². The molecule has 0 amide bonds. The molecule has 0 aromatic rings. The zero-order chi connectivity index (χ0) is 18.6. The molecule has 0 aromatic carbocycles. The fraction of sp³-hybridized carbons (Fsp3) is 0.640. The number of hydrogen-bond donors (Lipinski definition) is 0. The maximum Gasteiger partial charge on any atom is -1.00 e. The van der Waals surface area contributed by atoms with E-state index in [0.29, 0.717) is 5.92 Å². The summed E-state index contributed by atoms with van der Waals surface area (Å²) in [5.41, 5.74) is 6.74. The summed E-state index contributed by atoms with van der Waals surface area (Å²) in [6.45, 7) is 14.5. The van der Waals surface area contributed by atoms with Crippen LogP contribution in [0.25, 0.3) is 0 Å². The van der Waals surface area contributed by atoms with Crippen LogP contribution in [0.15, 0.2) is 46.6 Å². The van der Waals surface area contributed by atoms with E-state index >= 15 is 0 Å². The van der Waals surface area contributed by atoms with E-state index in [1.54, 1.807) is 19.9 Å². The molecule has 2 saturated carbocycles. The van der Waals surface area contributed by atoms with Crippen molar-refractivity contribution in [2.75, 3.05) is 0 Å². The average Bonchev–Trinajstić information content (AvgIpc) is 3.03. The maximum atomic E-state index is 2.60. The van der Waals surface area contributed by atoms with Gasteiger partial charge in [0.25, 0.3) is 0 Å². The van der Waals surface area contributed by atoms with Crippen molar-refractivity contribution >= 4 is 3.21 Å². The van der Waals surface area contributed by atoms with Crippen molar-refractivity contribution in [3.8, 4) is 0 Å². The fourth-order valence-corrected chi connectivity index (χ4v) is 11.4. The molecule has 0 aromatic heterocycles. The second-order valence-electron chi connectivity index (χ2n) is 9.48. The van der Waals surface area contributed by atoms with Crippen molar-refractivity contribution < 1.29 is 47.6 Å². The Hall–Kier alpha value is 0.293. The van der Waals surface area contributed by atoms with Gasteiger partial charge in [0.1, 0.15) is 0 Å². The number of fused-ring (bicyclic) bond motifs is 3. The van der Waals surface area contributed by atoms with Crippen molar-refractivity contribution in [2.45, 2.75) is 64.4 Å². The first-order valence-corrected chi connectivity index (χ1v) is 13.4. The maximum absolute atomic E-state index is 2.60. The van der Waals surface area contributed by atoms with Gasteiger partial charge in [-0.2, -0.15) is 0 Å². The van der Waals surface area contributed by atoms with Gasteiger partial charge in [-0.15, -0.1) is 0 Å². The Morgan fingerprint density at radius 3 is 2.14 bits per heavy atom. The van der Waals surface area contributed by atoms with Gasteiger partial charge >= 0.3 is 172 Å². The molecule has 0 heterocycles. The van der Waals surface area contributed by atoms with Gasteiger partial charge in [-0.3, -0.25) is 0 Å². The summed E-state index contributed by atoms with van der Waals surface area (Å²) in [5.74, 6) is 5.13. The molecule has 0 bridgehead atoms. The van der Waals surface area contributed by atoms with Gasteiger partial charge < -0.3 is 24.8 Å². The second kappa shape index (κ2) is 9.62. The smallest absolute Gasteiger partial charge is 1.00 e. The minimum absolute atomic E-state index is 0. The van der Waals surface area contributed by atoms with Crippen LogP contribution >= 0.6 is 0 Å². The number of allylic oxidation sites excluding steroid dienone is 8. The van der Waals surface area contributed by atoms with Crippen molar-refractivity contribution in [3.63, 3.8) is 0 Å². The average molecular weight is 498 g/mol. The third-order valence-electron chi connectivity index (χ3n) is 8.12. The molecule has 4 rings (SSSR count). The van der Waals surface area contributed by atoms with E-state index in [9.17, 15) is 0 Å². The Labute approximate surface area is 196 Å². The summed E-state index contributed by atoms with van der Waals surface area (Å²) in [4.78, 5) is 0. The van der Waals surface area contributed by atoms with Gasteiger partial charge in [-0.25, -0.2) is 0 Å². The molecule has 7 atom stereocenters. The summed E-state index contributed by atoms with van der Waals surface area (Å²) < 4.78 is 2.81. The minimum atomic E-state index is -0.458. The van der Waals surface area contributed by atoms with Gasteiger partial charge in [0, 0.05) is 0 Å². The first kappa shape index (κ1) is 24.6. The van der Waals surface area contributed by atoms with E-state index in [4.69, 9.17) is 0 Å². The Bertz CT molecular complexity index is 751. The van der Waals surface area contributed by atoms with Crippen molar-refractivity contribution in [2.24, 2.45) is 35.5 Å². The molecule has 4 aliphatic carbocycles. The van der Waals surface area contributed by atoms with Crippen LogP contribution in [0, 0.1) is 35.5 Å². The van der Waals surface area contributed by atoms with Gasteiger partial charge in [0.05, 0.1) is 0 Å². The van der Waals surface area contributed by atoms with Gasteiger partial charge in [0.15, 0.2) is 0 Å². The monoisotopic (exact) mass is 495 g/mol. The summed E-state index contributed by atoms with van der Waals surface area (Å²) in [7, 11) is 0. The van der Waals surface area contributed by atoms with E-state index in [-0.39, 0.29) is 24.8 Å². The molecule has 2 fully saturated rings. The van der Waals surface area contributed by atoms with Gasteiger partial charge in [-0.05, 0) is 0 Å². The Morgan fingerprint density at radius 1 is 0.929 bits per heavy atom. The molecule has 7 unspecified atom stereocenters.